The molecule has 0 bridgehead atoms. The van der Waals surface area contributed by atoms with Gasteiger partial charge in [-0.1, -0.05) is 0 Å². The molecule has 1 aromatic carbocycles. The highest BCUT2D eigenvalue weighted by molar-refractivity contribution is 5.98. The average Bonchev–Trinajstić information content (AvgIpc) is 2.67. The zero-order valence-corrected chi connectivity index (χ0v) is 15.3. The van der Waals surface area contributed by atoms with Gasteiger partial charge in [0.2, 0.25) is 5.91 Å². The summed E-state index contributed by atoms with van der Waals surface area (Å²) in [7, 11) is 1.59. The maximum atomic E-state index is 12.3. The molecule has 1 spiro atoms. The van der Waals surface area contributed by atoms with Crippen LogP contribution in [0.5, 0.6) is 5.75 Å². The molecule has 6 nitrogen and oxygen atoms in total. The van der Waals surface area contributed by atoms with Crippen LogP contribution in [-0.2, 0) is 14.3 Å². The summed E-state index contributed by atoms with van der Waals surface area (Å²) in [5, 5.41) is 3.08. The Bertz CT molecular complexity index is 616. The van der Waals surface area contributed by atoms with Gasteiger partial charge in [0.25, 0.3) is 0 Å². The number of nitrogens with one attached hydrogen (secondary N) is 1. The Hall–Kier alpha value is -1.92. The molecule has 142 valence electrons. The molecule has 0 saturated carbocycles. The second-order valence-corrected chi connectivity index (χ2v) is 7.05. The molecule has 1 N–H and O–H groups in total. The predicted octanol–water partition coefficient (Wildman–Crippen LogP) is 2.50. The van der Waals surface area contributed by atoms with Crippen molar-refractivity contribution in [3.63, 3.8) is 0 Å². The number of methoxy groups -OCH3 is 1. The third-order valence-corrected chi connectivity index (χ3v) is 5.25. The van der Waals surface area contributed by atoms with Crippen molar-refractivity contribution in [2.75, 3.05) is 26.9 Å². The Balaban J connectivity index is 1.45. The lowest BCUT2D eigenvalue weighted by atomic mass is 9.84. The maximum Gasteiger partial charge on any atom is 0.220 e. The summed E-state index contributed by atoms with van der Waals surface area (Å²) in [6, 6.07) is 7.08. The van der Waals surface area contributed by atoms with Crippen LogP contribution in [0.2, 0.25) is 0 Å². The van der Waals surface area contributed by atoms with Crippen molar-refractivity contribution < 1.29 is 23.8 Å². The molecule has 2 aliphatic heterocycles. The minimum Gasteiger partial charge on any atom is -0.497 e. The van der Waals surface area contributed by atoms with Gasteiger partial charge < -0.3 is 19.5 Å². The summed E-state index contributed by atoms with van der Waals surface area (Å²) in [4.78, 5) is 24.5. The van der Waals surface area contributed by atoms with Gasteiger partial charge >= 0.3 is 0 Å². The number of ketones is 1. The smallest absolute Gasteiger partial charge is 0.220 e. The zero-order valence-electron chi connectivity index (χ0n) is 15.3. The summed E-state index contributed by atoms with van der Waals surface area (Å²) in [6.07, 6.45) is 3.83. The number of rotatable bonds is 6. The van der Waals surface area contributed by atoms with Crippen LogP contribution in [0.25, 0.3) is 0 Å². The fraction of sp³-hybridized carbons (Fsp3) is 0.600. The van der Waals surface area contributed by atoms with Crippen molar-refractivity contribution in [3.8, 4) is 5.75 Å². The number of hydrogen-bond acceptors (Lipinski definition) is 5. The van der Waals surface area contributed by atoms with Gasteiger partial charge in [0.15, 0.2) is 5.78 Å². The fourth-order valence-corrected chi connectivity index (χ4v) is 3.69. The van der Waals surface area contributed by atoms with E-state index in [0.29, 0.717) is 17.9 Å². The molecule has 1 aromatic rings. The van der Waals surface area contributed by atoms with E-state index in [0.717, 1.165) is 38.9 Å². The number of hydrogen-bond donors (Lipinski definition) is 1. The first-order chi connectivity index (χ1) is 12.6. The topological polar surface area (TPSA) is 73.9 Å². The monoisotopic (exact) mass is 361 g/mol. The SMILES string of the molecule is COc1ccc(C(=O)CCC(=O)NC2CCOC3(CCOCC3)C2)cc1. The molecule has 2 fully saturated rings. The quantitative estimate of drug-likeness (QED) is 0.788. The summed E-state index contributed by atoms with van der Waals surface area (Å²) < 4.78 is 16.5. The first-order valence-corrected chi connectivity index (χ1v) is 9.29. The first kappa shape index (κ1) is 18.9. The first-order valence-electron chi connectivity index (χ1n) is 9.29. The molecule has 3 rings (SSSR count). The Morgan fingerprint density at radius 2 is 1.88 bits per heavy atom. The van der Waals surface area contributed by atoms with Gasteiger partial charge in [-0.05, 0) is 49.9 Å². The van der Waals surface area contributed by atoms with Gasteiger partial charge in [-0.15, -0.1) is 0 Å². The molecule has 0 radical (unpaired) electrons. The second-order valence-electron chi connectivity index (χ2n) is 7.05. The van der Waals surface area contributed by atoms with Crippen LogP contribution in [0.3, 0.4) is 0 Å². The van der Waals surface area contributed by atoms with E-state index in [1.54, 1.807) is 31.4 Å². The molecule has 6 heteroatoms. The van der Waals surface area contributed by atoms with Crippen molar-refractivity contribution in [1.29, 1.82) is 0 Å². The molecule has 2 aliphatic rings. The molecular weight excluding hydrogens is 334 g/mol. The fourth-order valence-electron chi connectivity index (χ4n) is 3.69. The third-order valence-electron chi connectivity index (χ3n) is 5.25. The molecule has 2 saturated heterocycles. The maximum absolute atomic E-state index is 12.3. The highest BCUT2D eigenvalue weighted by Gasteiger charge is 2.39. The number of carbonyl (C=O) groups excluding carboxylic acids is 2. The molecular formula is C20H27NO5. The molecule has 0 aliphatic carbocycles. The molecule has 0 aromatic heterocycles. The molecule has 1 atom stereocenters. The standard InChI is InChI=1S/C20H27NO5/c1-24-17-4-2-15(3-5-17)18(22)6-7-19(23)21-16-8-11-26-20(14-16)9-12-25-13-10-20/h2-5,16H,6-14H2,1H3,(H,21,23). The summed E-state index contributed by atoms with van der Waals surface area (Å²) in [5.74, 6) is 0.609. The number of ether oxygens (including phenoxy) is 3. The highest BCUT2D eigenvalue weighted by Crippen LogP contribution is 2.34. The van der Waals surface area contributed by atoms with Crippen LogP contribution in [0.15, 0.2) is 24.3 Å². The number of Topliss-reactive ketones (excluding diaryl/α,β-unsaturated/α-hetero) is 1. The number of carbonyl (C=O) groups is 2. The van der Waals surface area contributed by atoms with Crippen LogP contribution >= 0.6 is 0 Å². The van der Waals surface area contributed by atoms with E-state index in [1.807, 2.05) is 0 Å². The molecule has 1 amide bonds. The number of amides is 1. The highest BCUT2D eigenvalue weighted by atomic mass is 16.5. The predicted molar refractivity (Wildman–Crippen MR) is 96.5 cm³/mol. The Morgan fingerprint density at radius 1 is 1.15 bits per heavy atom. The second kappa shape index (κ2) is 8.64. The van der Waals surface area contributed by atoms with Gasteiger partial charge in [-0.25, -0.2) is 0 Å². The van der Waals surface area contributed by atoms with Crippen molar-refractivity contribution in [3.05, 3.63) is 29.8 Å². The van der Waals surface area contributed by atoms with Crippen LogP contribution in [0, 0.1) is 0 Å². The van der Waals surface area contributed by atoms with Crippen molar-refractivity contribution >= 4 is 11.7 Å². The number of benzene rings is 1. The van der Waals surface area contributed by atoms with Crippen molar-refractivity contribution in [2.24, 2.45) is 0 Å². The van der Waals surface area contributed by atoms with E-state index >= 15 is 0 Å². The Kier molecular flexibility index (Phi) is 6.27. The van der Waals surface area contributed by atoms with E-state index in [9.17, 15) is 9.59 Å². The van der Waals surface area contributed by atoms with Crippen LogP contribution in [0.4, 0.5) is 0 Å². The minimum atomic E-state index is -0.145. The minimum absolute atomic E-state index is 0.0318. The molecule has 1 unspecified atom stereocenters. The summed E-state index contributed by atoms with van der Waals surface area (Å²) in [5.41, 5.74) is 0.457. The summed E-state index contributed by atoms with van der Waals surface area (Å²) in [6.45, 7) is 2.10. The van der Waals surface area contributed by atoms with Gasteiger partial charge in [0.1, 0.15) is 5.75 Å². The largest absolute Gasteiger partial charge is 0.497 e. The average molecular weight is 361 g/mol. The molecule has 26 heavy (non-hydrogen) atoms. The van der Waals surface area contributed by atoms with Gasteiger partial charge in [0, 0.05) is 44.3 Å². The van der Waals surface area contributed by atoms with Crippen molar-refractivity contribution in [2.45, 2.75) is 50.2 Å². The van der Waals surface area contributed by atoms with Gasteiger partial charge in [0.05, 0.1) is 12.7 Å². The summed E-state index contributed by atoms with van der Waals surface area (Å²) >= 11 is 0. The normalized spacial score (nSPS) is 22.0. The van der Waals surface area contributed by atoms with Crippen LogP contribution in [0.1, 0.15) is 48.9 Å². The lowest BCUT2D eigenvalue weighted by Crippen LogP contribution is -2.51. The third kappa shape index (κ3) is 4.83. The van der Waals surface area contributed by atoms with Crippen molar-refractivity contribution in [1.82, 2.24) is 5.32 Å². The zero-order chi connectivity index (χ0) is 18.4. The van der Waals surface area contributed by atoms with E-state index in [4.69, 9.17) is 14.2 Å². The van der Waals surface area contributed by atoms with E-state index < -0.39 is 0 Å². The lowest BCUT2D eigenvalue weighted by Gasteiger charge is -2.43. The van der Waals surface area contributed by atoms with Crippen LogP contribution in [-0.4, -0.2) is 50.3 Å². The lowest BCUT2D eigenvalue weighted by molar-refractivity contribution is -0.144. The Labute approximate surface area is 154 Å². The Morgan fingerprint density at radius 3 is 2.58 bits per heavy atom. The van der Waals surface area contributed by atoms with E-state index in [1.165, 1.54) is 0 Å². The van der Waals surface area contributed by atoms with E-state index in [-0.39, 0.29) is 36.2 Å². The van der Waals surface area contributed by atoms with E-state index in [2.05, 4.69) is 5.32 Å². The van der Waals surface area contributed by atoms with Crippen LogP contribution < -0.4 is 10.1 Å². The molecule has 2 heterocycles. The van der Waals surface area contributed by atoms with Gasteiger partial charge in [-0.2, -0.15) is 0 Å². The van der Waals surface area contributed by atoms with Gasteiger partial charge in [-0.3, -0.25) is 9.59 Å².